The van der Waals surface area contributed by atoms with E-state index >= 15 is 0 Å². The third-order valence-corrected chi connectivity index (χ3v) is 3.82. The summed E-state index contributed by atoms with van der Waals surface area (Å²) in [6.45, 7) is 6.28. The summed E-state index contributed by atoms with van der Waals surface area (Å²) < 4.78 is 0. The minimum atomic E-state index is 0.827. The van der Waals surface area contributed by atoms with Crippen LogP contribution in [0, 0.1) is 0 Å². The first-order valence-corrected chi connectivity index (χ1v) is 6.83. The van der Waals surface area contributed by atoms with Crippen LogP contribution in [0.1, 0.15) is 51.9 Å². The van der Waals surface area contributed by atoms with Gasteiger partial charge in [-0.25, -0.2) is 0 Å². The summed E-state index contributed by atoms with van der Waals surface area (Å²) in [5.74, 6) is 0. The average Bonchev–Trinajstić information content (AvgIpc) is 3.03. The third-order valence-electron chi connectivity index (χ3n) is 3.82. The lowest BCUT2D eigenvalue weighted by Gasteiger charge is -2.26. The Bertz CT molecular complexity index is 177. The maximum Gasteiger partial charge on any atom is 0.00682 e. The van der Waals surface area contributed by atoms with Gasteiger partial charge in [-0.2, -0.15) is 0 Å². The number of hydrogen-bond donors (Lipinski definition) is 1. The zero-order valence-corrected chi connectivity index (χ0v) is 10.2. The summed E-state index contributed by atoms with van der Waals surface area (Å²) in [7, 11) is 0. The van der Waals surface area contributed by atoms with Crippen molar-refractivity contribution < 1.29 is 0 Å². The highest BCUT2D eigenvalue weighted by Gasteiger charge is 2.20. The Balaban J connectivity index is 1.58. The quantitative estimate of drug-likeness (QED) is 0.701. The first-order valence-electron chi connectivity index (χ1n) is 6.83. The Morgan fingerprint density at radius 3 is 2.80 bits per heavy atom. The Morgan fingerprint density at radius 1 is 1.13 bits per heavy atom. The van der Waals surface area contributed by atoms with Gasteiger partial charge in [0.1, 0.15) is 0 Å². The number of rotatable bonds is 5. The lowest BCUT2D eigenvalue weighted by atomic mass is 10.1. The van der Waals surface area contributed by atoms with Gasteiger partial charge in [0.25, 0.3) is 0 Å². The summed E-state index contributed by atoms with van der Waals surface area (Å²) in [5.41, 5.74) is 0. The van der Waals surface area contributed by atoms with Gasteiger partial charge >= 0.3 is 0 Å². The van der Waals surface area contributed by atoms with Crippen LogP contribution in [0.4, 0.5) is 0 Å². The zero-order valence-electron chi connectivity index (χ0n) is 10.2. The van der Waals surface area contributed by atoms with Gasteiger partial charge in [-0.05, 0) is 58.7 Å². The molecule has 1 atom stereocenters. The first-order chi connectivity index (χ1) is 7.36. The molecule has 15 heavy (non-hydrogen) atoms. The fraction of sp³-hybridized carbons (Fsp3) is 1.00. The molecule has 1 aliphatic heterocycles. The van der Waals surface area contributed by atoms with Crippen molar-refractivity contribution in [3.05, 3.63) is 0 Å². The molecule has 0 aromatic heterocycles. The molecule has 1 heterocycles. The van der Waals surface area contributed by atoms with E-state index < -0.39 is 0 Å². The molecule has 2 nitrogen and oxygen atoms in total. The van der Waals surface area contributed by atoms with Crippen molar-refractivity contribution in [3.63, 3.8) is 0 Å². The van der Waals surface area contributed by atoms with Crippen LogP contribution in [-0.2, 0) is 0 Å². The van der Waals surface area contributed by atoms with E-state index in [1.54, 1.807) is 0 Å². The maximum atomic E-state index is 3.60. The normalized spacial score (nSPS) is 29.0. The highest BCUT2D eigenvalue weighted by Crippen LogP contribution is 2.19. The molecule has 1 N–H and O–H groups in total. The van der Waals surface area contributed by atoms with Crippen LogP contribution in [0.25, 0.3) is 0 Å². The van der Waals surface area contributed by atoms with Crippen LogP contribution in [0.2, 0.25) is 0 Å². The van der Waals surface area contributed by atoms with Crippen molar-refractivity contribution in [1.29, 1.82) is 0 Å². The number of nitrogens with zero attached hydrogens (tertiary/aromatic N) is 1. The molecule has 2 rings (SSSR count). The van der Waals surface area contributed by atoms with Crippen molar-refractivity contribution in [1.82, 2.24) is 10.2 Å². The average molecular weight is 210 g/mol. The Morgan fingerprint density at radius 2 is 2.00 bits per heavy atom. The second kappa shape index (κ2) is 5.86. The number of likely N-dealkylation sites (tertiary alicyclic amines) is 1. The minimum absolute atomic E-state index is 0.827. The summed E-state index contributed by atoms with van der Waals surface area (Å²) >= 11 is 0. The van der Waals surface area contributed by atoms with Crippen LogP contribution in [-0.4, -0.2) is 36.6 Å². The molecule has 1 aliphatic carbocycles. The van der Waals surface area contributed by atoms with E-state index in [2.05, 4.69) is 17.1 Å². The lowest BCUT2D eigenvalue weighted by Crippen LogP contribution is -2.35. The van der Waals surface area contributed by atoms with E-state index in [9.17, 15) is 0 Å². The first kappa shape index (κ1) is 11.4. The van der Waals surface area contributed by atoms with Crippen molar-refractivity contribution >= 4 is 0 Å². The number of hydrogen-bond acceptors (Lipinski definition) is 2. The topological polar surface area (TPSA) is 15.3 Å². The van der Waals surface area contributed by atoms with E-state index in [0.29, 0.717) is 0 Å². The number of nitrogens with one attached hydrogen (secondary N) is 1. The Kier molecular flexibility index (Phi) is 4.45. The molecule has 0 amide bonds. The fourth-order valence-corrected chi connectivity index (χ4v) is 2.54. The predicted molar refractivity (Wildman–Crippen MR) is 65.1 cm³/mol. The van der Waals surface area contributed by atoms with E-state index in [0.717, 1.165) is 12.1 Å². The second-order valence-electron chi connectivity index (χ2n) is 5.32. The molecule has 1 saturated heterocycles. The SMILES string of the molecule is CC1CCCCCN1CCCNC1CC1. The van der Waals surface area contributed by atoms with Gasteiger partial charge in [0.05, 0.1) is 0 Å². The molecule has 0 aromatic rings. The van der Waals surface area contributed by atoms with Gasteiger partial charge in [-0.1, -0.05) is 12.8 Å². The highest BCUT2D eigenvalue weighted by atomic mass is 15.1. The van der Waals surface area contributed by atoms with Crippen LogP contribution in [0.5, 0.6) is 0 Å². The highest BCUT2D eigenvalue weighted by molar-refractivity contribution is 4.81. The monoisotopic (exact) mass is 210 g/mol. The third kappa shape index (κ3) is 4.12. The van der Waals surface area contributed by atoms with Gasteiger partial charge in [0.15, 0.2) is 0 Å². The van der Waals surface area contributed by atoms with Gasteiger partial charge in [-0.3, -0.25) is 0 Å². The van der Waals surface area contributed by atoms with Gasteiger partial charge < -0.3 is 10.2 Å². The zero-order chi connectivity index (χ0) is 10.5. The Hall–Kier alpha value is -0.0800. The molecular weight excluding hydrogens is 184 g/mol. The van der Waals surface area contributed by atoms with Gasteiger partial charge in [0.2, 0.25) is 0 Å². The summed E-state index contributed by atoms with van der Waals surface area (Å²) in [6, 6.07) is 1.71. The van der Waals surface area contributed by atoms with Crippen LogP contribution < -0.4 is 5.32 Å². The standard InChI is InChI=1S/C13H26N2/c1-12-6-3-2-4-10-15(12)11-5-9-14-13-7-8-13/h12-14H,2-11H2,1H3. The fourth-order valence-electron chi connectivity index (χ4n) is 2.54. The molecule has 2 fully saturated rings. The smallest absolute Gasteiger partial charge is 0.00682 e. The van der Waals surface area contributed by atoms with E-state index in [-0.39, 0.29) is 0 Å². The van der Waals surface area contributed by atoms with Gasteiger partial charge in [0, 0.05) is 12.1 Å². The lowest BCUT2D eigenvalue weighted by molar-refractivity contribution is 0.210. The maximum absolute atomic E-state index is 3.60. The molecule has 1 saturated carbocycles. The summed E-state index contributed by atoms with van der Waals surface area (Å²) in [4.78, 5) is 2.70. The molecule has 2 aliphatic rings. The molecule has 0 spiro atoms. The van der Waals surface area contributed by atoms with Crippen LogP contribution in [0.15, 0.2) is 0 Å². The van der Waals surface area contributed by atoms with Crippen molar-refractivity contribution in [2.24, 2.45) is 0 Å². The molecule has 0 aromatic carbocycles. The van der Waals surface area contributed by atoms with Crippen molar-refractivity contribution in [2.45, 2.75) is 64.0 Å². The molecule has 88 valence electrons. The molecule has 2 heteroatoms. The van der Waals surface area contributed by atoms with Crippen LogP contribution in [0.3, 0.4) is 0 Å². The van der Waals surface area contributed by atoms with Crippen molar-refractivity contribution in [2.75, 3.05) is 19.6 Å². The Labute approximate surface area is 94.4 Å². The van der Waals surface area contributed by atoms with Crippen molar-refractivity contribution in [3.8, 4) is 0 Å². The largest absolute Gasteiger partial charge is 0.314 e. The molecular formula is C13H26N2. The second-order valence-corrected chi connectivity index (χ2v) is 5.32. The summed E-state index contributed by atoms with van der Waals surface area (Å²) in [5, 5.41) is 3.60. The van der Waals surface area contributed by atoms with Crippen LogP contribution >= 0.6 is 0 Å². The molecule has 0 bridgehead atoms. The predicted octanol–water partition coefficient (Wildman–Crippen LogP) is 2.39. The molecule has 1 unspecified atom stereocenters. The molecule has 0 radical (unpaired) electrons. The van der Waals surface area contributed by atoms with E-state index in [1.165, 1.54) is 64.6 Å². The summed E-state index contributed by atoms with van der Waals surface area (Å²) in [6.07, 6.45) is 9.89. The van der Waals surface area contributed by atoms with Gasteiger partial charge in [-0.15, -0.1) is 0 Å². The van der Waals surface area contributed by atoms with E-state index in [4.69, 9.17) is 0 Å². The minimum Gasteiger partial charge on any atom is -0.314 e. The van der Waals surface area contributed by atoms with E-state index in [1.807, 2.05) is 0 Å².